The summed E-state index contributed by atoms with van der Waals surface area (Å²) in [6.45, 7) is 0. The Morgan fingerprint density at radius 1 is 1.20 bits per heavy atom. The highest BCUT2D eigenvalue weighted by molar-refractivity contribution is 6.29. The molecule has 25 heavy (non-hydrogen) atoms. The molecule has 0 saturated carbocycles. The van der Waals surface area contributed by atoms with Crippen LogP contribution in [0.3, 0.4) is 0 Å². The van der Waals surface area contributed by atoms with Gasteiger partial charge in [0.1, 0.15) is 16.7 Å². The van der Waals surface area contributed by atoms with Crippen LogP contribution in [0.4, 0.5) is 0 Å². The predicted octanol–water partition coefficient (Wildman–Crippen LogP) is 3.11. The van der Waals surface area contributed by atoms with Crippen LogP contribution in [0.2, 0.25) is 5.15 Å². The second-order valence-electron chi connectivity index (χ2n) is 5.59. The van der Waals surface area contributed by atoms with Gasteiger partial charge in [0, 0.05) is 12.4 Å². The maximum atomic E-state index is 12.9. The van der Waals surface area contributed by atoms with Gasteiger partial charge in [0.15, 0.2) is 11.3 Å². The van der Waals surface area contributed by atoms with Gasteiger partial charge in [-0.2, -0.15) is 5.26 Å². The number of nitrogens with zero attached hydrogens (tertiary/aromatic N) is 4. The summed E-state index contributed by atoms with van der Waals surface area (Å²) in [7, 11) is 1.78. The molecule has 0 spiro atoms. The summed E-state index contributed by atoms with van der Waals surface area (Å²) in [5, 5.41) is 21.0. The predicted molar refractivity (Wildman–Crippen MR) is 95.2 cm³/mol. The van der Waals surface area contributed by atoms with Crippen molar-refractivity contribution in [3.05, 3.63) is 63.7 Å². The molecule has 7 heteroatoms. The van der Waals surface area contributed by atoms with E-state index in [1.807, 2.05) is 24.3 Å². The molecule has 0 bridgehead atoms. The second kappa shape index (κ2) is 5.36. The number of halogens is 1. The van der Waals surface area contributed by atoms with Gasteiger partial charge in [0.05, 0.1) is 22.9 Å². The molecule has 4 aromatic rings. The molecule has 0 atom stereocenters. The average Bonchev–Trinajstić information content (AvgIpc) is 2.91. The zero-order chi connectivity index (χ0) is 17.7. The molecule has 3 heterocycles. The second-order valence-corrected chi connectivity index (χ2v) is 5.98. The number of aryl methyl sites for hydroxylation is 1. The molecule has 0 aliphatic heterocycles. The monoisotopic (exact) mass is 350 g/mol. The van der Waals surface area contributed by atoms with Crippen LogP contribution in [0.5, 0.6) is 5.75 Å². The van der Waals surface area contributed by atoms with Crippen molar-refractivity contribution < 1.29 is 5.11 Å². The van der Waals surface area contributed by atoms with Gasteiger partial charge in [0.2, 0.25) is 0 Å². The van der Waals surface area contributed by atoms with E-state index in [-0.39, 0.29) is 11.3 Å². The van der Waals surface area contributed by atoms with E-state index in [4.69, 9.17) is 11.6 Å². The van der Waals surface area contributed by atoms with Gasteiger partial charge in [-0.15, -0.1) is 0 Å². The highest BCUT2D eigenvalue weighted by Gasteiger charge is 2.22. The lowest BCUT2D eigenvalue weighted by atomic mass is 10.1. The Morgan fingerprint density at radius 2 is 1.96 bits per heavy atom. The largest absolute Gasteiger partial charge is 0.504 e. The van der Waals surface area contributed by atoms with Gasteiger partial charge in [0.25, 0.3) is 5.56 Å². The number of fused-ring (bicyclic) bond motifs is 3. The first-order valence-corrected chi connectivity index (χ1v) is 7.79. The first-order valence-electron chi connectivity index (χ1n) is 7.41. The van der Waals surface area contributed by atoms with Crippen LogP contribution < -0.4 is 5.56 Å². The Morgan fingerprint density at radius 3 is 2.64 bits per heavy atom. The maximum absolute atomic E-state index is 12.9. The number of para-hydroxylation sites is 1. The summed E-state index contributed by atoms with van der Waals surface area (Å²) >= 11 is 5.85. The Kier molecular flexibility index (Phi) is 3.27. The van der Waals surface area contributed by atoms with Crippen molar-refractivity contribution in [1.29, 1.82) is 5.26 Å². The molecule has 4 rings (SSSR count). The third kappa shape index (κ3) is 2.03. The number of benzene rings is 1. The van der Waals surface area contributed by atoms with Crippen molar-refractivity contribution >= 4 is 33.5 Å². The zero-order valence-corrected chi connectivity index (χ0v) is 13.8. The van der Waals surface area contributed by atoms with Crippen molar-refractivity contribution in [2.75, 3.05) is 0 Å². The molecule has 122 valence electrons. The number of hydrogen-bond acceptors (Lipinski definition) is 4. The lowest BCUT2D eigenvalue weighted by molar-refractivity contribution is 0.475. The number of rotatable bonds is 1. The number of pyridine rings is 2. The SMILES string of the molecule is Cn1c2ccccc2c2c1c(O)c(C#N)c(=O)n2-c1ccc(Cl)nc1. The fraction of sp³-hybridized carbons (Fsp3) is 0.0556. The third-order valence-corrected chi connectivity index (χ3v) is 4.49. The molecule has 6 nitrogen and oxygen atoms in total. The number of nitriles is 1. The van der Waals surface area contributed by atoms with Gasteiger partial charge in [-0.3, -0.25) is 9.36 Å². The highest BCUT2D eigenvalue weighted by atomic mass is 35.5. The summed E-state index contributed by atoms with van der Waals surface area (Å²) in [5.74, 6) is -0.320. The minimum Gasteiger partial charge on any atom is -0.504 e. The molecule has 0 unspecified atom stereocenters. The molecule has 3 aromatic heterocycles. The first kappa shape index (κ1) is 15.2. The van der Waals surface area contributed by atoms with Crippen LogP contribution in [-0.2, 0) is 7.05 Å². The van der Waals surface area contributed by atoms with Gasteiger partial charge >= 0.3 is 0 Å². The van der Waals surface area contributed by atoms with Crippen LogP contribution in [-0.4, -0.2) is 19.2 Å². The molecule has 0 radical (unpaired) electrons. The van der Waals surface area contributed by atoms with Gasteiger partial charge < -0.3 is 9.67 Å². The quantitative estimate of drug-likeness (QED) is 0.535. The lowest BCUT2D eigenvalue weighted by Crippen LogP contribution is -2.22. The van der Waals surface area contributed by atoms with E-state index in [0.29, 0.717) is 21.9 Å². The molecular weight excluding hydrogens is 340 g/mol. The number of hydrogen-bond donors (Lipinski definition) is 1. The van der Waals surface area contributed by atoms with Crippen molar-refractivity contribution in [3.63, 3.8) is 0 Å². The molecule has 0 fully saturated rings. The zero-order valence-electron chi connectivity index (χ0n) is 13.1. The van der Waals surface area contributed by atoms with E-state index in [1.165, 1.54) is 10.8 Å². The Bertz CT molecular complexity index is 1250. The highest BCUT2D eigenvalue weighted by Crippen LogP contribution is 2.35. The molecule has 0 aliphatic carbocycles. The van der Waals surface area contributed by atoms with Crippen molar-refractivity contribution in [2.45, 2.75) is 0 Å². The van der Waals surface area contributed by atoms with Crippen LogP contribution in [0.1, 0.15) is 5.56 Å². The summed E-state index contributed by atoms with van der Waals surface area (Å²) in [6.07, 6.45) is 1.46. The Hall–Kier alpha value is -3.30. The third-order valence-electron chi connectivity index (χ3n) is 4.26. The topological polar surface area (TPSA) is 83.8 Å². The van der Waals surface area contributed by atoms with Crippen LogP contribution >= 0.6 is 11.6 Å². The smallest absolute Gasteiger partial charge is 0.277 e. The van der Waals surface area contributed by atoms with Crippen molar-refractivity contribution in [3.8, 4) is 17.5 Å². The Labute approximate surface area is 146 Å². The van der Waals surface area contributed by atoms with E-state index >= 15 is 0 Å². The molecule has 0 aliphatic rings. The van der Waals surface area contributed by atoms with Gasteiger partial charge in [-0.1, -0.05) is 29.8 Å². The standard InChI is InChI=1S/C18H11ClN4O2/c1-22-13-5-3-2-4-11(13)15-16(22)17(24)12(8-20)18(25)23(15)10-6-7-14(19)21-9-10/h2-7,9,24H,1H3. The maximum Gasteiger partial charge on any atom is 0.277 e. The lowest BCUT2D eigenvalue weighted by Gasteiger charge is -2.11. The van der Waals surface area contributed by atoms with Gasteiger partial charge in [-0.25, -0.2) is 4.98 Å². The van der Waals surface area contributed by atoms with Crippen LogP contribution in [0.25, 0.3) is 27.6 Å². The fourth-order valence-corrected chi connectivity index (χ4v) is 3.26. The minimum absolute atomic E-state index is 0.297. The molecular formula is C18H11ClN4O2. The van der Waals surface area contributed by atoms with Crippen LogP contribution in [0, 0.1) is 11.3 Å². The summed E-state index contributed by atoms with van der Waals surface area (Å²) in [4.78, 5) is 16.9. The Balaban J connectivity index is 2.33. The van der Waals surface area contributed by atoms with E-state index < -0.39 is 5.56 Å². The molecule has 0 saturated heterocycles. The van der Waals surface area contributed by atoms with E-state index in [9.17, 15) is 15.2 Å². The number of aromatic nitrogens is 3. The van der Waals surface area contributed by atoms with Crippen molar-refractivity contribution in [2.24, 2.45) is 7.05 Å². The van der Waals surface area contributed by atoms with Crippen molar-refractivity contribution in [1.82, 2.24) is 14.1 Å². The fourth-order valence-electron chi connectivity index (χ4n) is 3.15. The average molecular weight is 351 g/mol. The van der Waals surface area contributed by atoms with E-state index in [2.05, 4.69) is 4.98 Å². The van der Waals surface area contributed by atoms with E-state index in [0.717, 1.165) is 10.9 Å². The minimum atomic E-state index is -0.604. The normalized spacial score (nSPS) is 11.1. The van der Waals surface area contributed by atoms with Crippen LogP contribution in [0.15, 0.2) is 47.4 Å². The summed E-state index contributed by atoms with van der Waals surface area (Å²) in [5.41, 5.74) is 1.31. The van der Waals surface area contributed by atoms with Gasteiger partial charge in [-0.05, 0) is 18.2 Å². The van der Waals surface area contributed by atoms with E-state index in [1.54, 1.807) is 29.8 Å². The first-order chi connectivity index (χ1) is 12.0. The molecule has 1 aromatic carbocycles. The summed E-state index contributed by atoms with van der Waals surface area (Å²) in [6, 6.07) is 12.5. The summed E-state index contributed by atoms with van der Waals surface area (Å²) < 4.78 is 3.15. The molecule has 0 amide bonds. The molecule has 1 N–H and O–H groups in total. The number of aromatic hydroxyl groups is 1.